The van der Waals surface area contributed by atoms with Crippen molar-refractivity contribution in [3.8, 4) is 0 Å². The molecule has 0 atom stereocenters. The maximum absolute atomic E-state index is 4.84. The summed E-state index contributed by atoms with van der Waals surface area (Å²) in [5.74, 6) is 0.960. The summed E-state index contributed by atoms with van der Waals surface area (Å²) in [7, 11) is 0. The highest BCUT2D eigenvalue weighted by Gasteiger charge is 2.15. The Labute approximate surface area is 156 Å². The minimum absolute atomic E-state index is 0.603. The van der Waals surface area contributed by atoms with Gasteiger partial charge in [0.25, 0.3) is 0 Å². The summed E-state index contributed by atoms with van der Waals surface area (Å²) < 4.78 is 0. The topological polar surface area (TPSA) is 36.8 Å². The van der Waals surface area contributed by atoms with Gasteiger partial charge in [-0.25, -0.2) is 0 Å². The van der Waals surface area contributed by atoms with E-state index in [-0.39, 0.29) is 0 Å². The van der Waals surface area contributed by atoms with Gasteiger partial charge in [0.05, 0.1) is 12.2 Å². The van der Waals surface area contributed by atoms with Crippen LogP contribution in [-0.4, -0.2) is 18.6 Å². The molecule has 0 saturated heterocycles. The van der Waals surface area contributed by atoms with Crippen molar-refractivity contribution in [3.05, 3.63) is 70.8 Å². The molecule has 0 amide bonds. The highest BCUT2D eigenvalue weighted by molar-refractivity contribution is 6.01. The molecule has 0 spiro atoms. The van der Waals surface area contributed by atoms with Gasteiger partial charge in [0.15, 0.2) is 0 Å². The van der Waals surface area contributed by atoms with Crippen molar-refractivity contribution >= 4 is 23.3 Å². The molecule has 3 heteroatoms. The molecule has 3 nitrogen and oxygen atoms in total. The van der Waals surface area contributed by atoms with E-state index in [2.05, 4.69) is 67.1 Å². The van der Waals surface area contributed by atoms with Crippen molar-refractivity contribution in [3.63, 3.8) is 0 Å². The van der Waals surface area contributed by atoms with Crippen LogP contribution in [0.4, 0.5) is 5.69 Å². The first-order chi connectivity index (χ1) is 12.6. The van der Waals surface area contributed by atoms with Gasteiger partial charge < -0.3 is 5.32 Å². The largest absolute Gasteiger partial charge is 0.366 e. The van der Waals surface area contributed by atoms with Crippen molar-refractivity contribution in [2.75, 3.05) is 6.54 Å². The summed E-state index contributed by atoms with van der Waals surface area (Å²) in [4.78, 5) is 9.34. The molecular formula is C23H27N3. The SMILES string of the molecule is C=C1CN=C(c2ccccc2CCC)NCc2cc(N=CC)c(C)cc21. The van der Waals surface area contributed by atoms with Crippen molar-refractivity contribution in [1.29, 1.82) is 0 Å². The lowest BCUT2D eigenvalue weighted by molar-refractivity contribution is 0.881. The van der Waals surface area contributed by atoms with Crippen LogP contribution in [0.25, 0.3) is 5.57 Å². The van der Waals surface area contributed by atoms with Gasteiger partial charge in [-0.3, -0.25) is 9.98 Å². The van der Waals surface area contributed by atoms with E-state index >= 15 is 0 Å². The lowest BCUT2D eigenvalue weighted by atomic mass is 9.95. The molecule has 0 fully saturated rings. The van der Waals surface area contributed by atoms with Crippen molar-refractivity contribution in [2.45, 2.75) is 40.2 Å². The van der Waals surface area contributed by atoms with Crippen LogP contribution < -0.4 is 5.32 Å². The summed E-state index contributed by atoms with van der Waals surface area (Å²) in [6.45, 7) is 11.9. The number of rotatable bonds is 4. The molecule has 1 aliphatic rings. The fourth-order valence-electron chi connectivity index (χ4n) is 3.41. The molecule has 2 aromatic carbocycles. The van der Waals surface area contributed by atoms with E-state index < -0.39 is 0 Å². The highest BCUT2D eigenvalue weighted by Crippen LogP contribution is 2.29. The summed E-state index contributed by atoms with van der Waals surface area (Å²) in [6, 6.07) is 12.9. The molecule has 3 rings (SSSR count). The average molecular weight is 345 g/mol. The Morgan fingerprint density at radius 1 is 1.23 bits per heavy atom. The number of hydrogen-bond acceptors (Lipinski definition) is 3. The first-order valence-corrected chi connectivity index (χ1v) is 9.31. The van der Waals surface area contributed by atoms with Gasteiger partial charge in [0, 0.05) is 18.3 Å². The third-order valence-electron chi connectivity index (χ3n) is 4.74. The molecule has 0 saturated carbocycles. The second-order valence-corrected chi connectivity index (χ2v) is 6.71. The summed E-state index contributed by atoms with van der Waals surface area (Å²) >= 11 is 0. The second kappa shape index (κ2) is 8.13. The van der Waals surface area contributed by atoms with E-state index in [1.807, 2.05) is 13.1 Å². The average Bonchev–Trinajstić information content (AvgIpc) is 2.63. The predicted molar refractivity (Wildman–Crippen MR) is 113 cm³/mol. The first-order valence-electron chi connectivity index (χ1n) is 9.31. The smallest absolute Gasteiger partial charge is 0.129 e. The van der Waals surface area contributed by atoms with Gasteiger partial charge in [-0.1, -0.05) is 44.2 Å². The van der Waals surface area contributed by atoms with E-state index in [1.54, 1.807) is 0 Å². The zero-order chi connectivity index (χ0) is 18.5. The van der Waals surface area contributed by atoms with Crippen molar-refractivity contribution in [1.82, 2.24) is 5.32 Å². The molecule has 2 aromatic rings. The standard InChI is InChI=1S/C23H27N3/c1-5-9-18-10-7-8-11-20(18)23-25-14-17(4)21-12-16(3)22(24-6-2)13-19(21)15-26-23/h6-8,10-13H,4-5,9,14-15H2,1-3H3,(H,25,26). The number of benzene rings is 2. The zero-order valence-electron chi connectivity index (χ0n) is 16.0. The van der Waals surface area contributed by atoms with E-state index in [0.29, 0.717) is 6.54 Å². The Hall–Kier alpha value is -2.68. The monoisotopic (exact) mass is 345 g/mol. The van der Waals surface area contributed by atoms with E-state index in [0.717, 1.165) is 36.5 Å². The first kappa shape index (κ1) is 18.1. The van der Waals surface area contributed by atoms with Crippen molar-refractivity contribution in [2.24, 2.45) is 9.98 Å². The van der Waals surface area contributed by atoms with Gasteiger partial charge in [-0.05, 0) is 60.2 Å². The number of nitrogens with zero attached hydrogens (tertiary/aromatic N) is 2. The van der Waals surface area contributed by atoms with Gasteiger partial charge in [0.2, 0.25) is 0 Å². The highest BCUT2D eigenvalue weighted by atomic mass is 15.0. The molecule has 1 heterocycles. The molecule has 1 N–H and O–H groups in total. The fraction of sp³-hybridized carbons (Fsp3) is 0.304. The summed E-state index contributed by atoms with van der Waals surface area (Å²) in [5.41, 5.74) is 8.20. The maximum atomic E-state index is 4.84. The number of nitrogens with one attached hydrogen (secondary N) is 1. The van der Waals surface area contributed by atoms with Crippen LogP contribution in [0.3, 0.4) is 0 Å². The van der Waals surface area contributed by atoms with Crippen LogP contribution in [-0.2, 0) is 13.0 Å². The lowest BCUT2D eigenvalue weighted by Crippen LogP contribution is -2.27. The van der Waals surface area contributed by atoms with Gasteiger partial charge >= 0.3 is 0 Å². The van der Waals surface area contributed by atoms with Crippen LogP contribution in [0.5, 0.6) is 0 Å². The third-order valence-corrected chi connectivity index (χ3v) is 4.74. The molecule has 0 aromatic heterocycles. The number of fused-ring (bicyclic) bond motifs is 1. The van der Waals surface area contributed by atoms with Gasteiger partial charge in [-0.2, -0.15) is 0 Å². The molecule has 0 aliphatic carbocycles. The molecule has 0 radical (unpaired) electrons. The second-order valence-electron chi connectivity index (χ2n) is 6.71. The molecule has 134 valence electrons. The number of aryl methyl sites for hydroxylation is 2. The normalized spacial score (nSPS) is 14.4. The van der Waals surface area contributed by atoms with Crippen LogP contribution in [0.15, 0.2) is 53.0 Å². The maximum Gasteiger partial charge on any atom is 0.129 e. The fourth-order valence-corrected chi connectivity index (χ4v) is 3.41. The lowest BCUT2D eigenvalue weighted by Gasteiger charge is -2.21. The minimum Gasteiger partial charge on any atom is -0.366 e. The van der Waals surface area contributed by atoms with Gasteiger partial charge in [0.1, 0.15) is 5.84 Å². The number of hydrogen-bond donors (Lipinski definition) is 1. The van der Waals surface area contributed by atoms with E-state index in [9.17, 15) is 0 Å². The van der Waals surface area contributed by atoms with Crippen LogP contribution in [0.2, 0.25) is 0 Å². The van der Waals surface area contributed by atoms with E-state index in [4.69, 9.17) is 4.99 Å². The quantitative estimate of drug-likeness (QED) is 0.757. The Balaban J connectivity index is 1.97. The van der Waals surface area contributed by atoms with Crippen molar-refractivity contribution < 1.29 is 0 Å². The number of amidine groups is 1. The van der Waals surface area contributed by atoms with Gasteiger partial charge in [-0.15, -0.1) is 0 Å². The molecule has 0 bridgehead atoms. The molecule has 0 unspecified atom stereocenters. The Kier molecular flexibility index (Phi) is 5.67. The van der Waals surface area contributed by atoms with E-state index in [1.165, 1.54) is 27.8 Å². The Morgan fingerprint density at radius 2 is 2.04 bits per heavy atom. The van der Waals surface area contributed by atoms with Crippen LogP contribution in [0.1, 0.15) is 48.1 Å². The minimum atomic E-state index is 0.603. The Morgan fingerprint density at radius 3 is 2.81 bits per heavy atom. The predicted octanol–water partition coefficient (Wildman–Crippen LogP) is 5.23. The Bertz CT molecular complexity index is 875. The summed E-state index contributed by atoms with van der Waals surface area (Å²) in [5, 5.41) is 3.56. The summed E-state index contributed by atoms with van der Waals surface area (Å²) in [6.07, 6.45) is 4.02. The zero-order valence-corrected chi connectivity index (χ0v) is 16.0. The molecular weight excluding hydrogens is 318 g/mol. The third kappa shape index (κ3) is 3.77. The number of aliphatic imine (C=N–C) groups is 2. The molecule has 26 heavy (non-hydrogen) atoms. The molecule has 1 aliphatic heterocycles. The van der Waals surface area contributed by atoms with Crippen LogP contribution in [0, 0.1) is 6.92 Å². The van der Waals surface area contributed by atoms with Crippen LogP contribution >= 0.6 is 0 Å².